The molecule has 0 aromatic heterocycles. The number of hydrogen-bond donors (Lipinski definition) is 2. The van der Waals surface area contributed by atoms with Gasteiger partial charge in [0.1, 0.15) is 6.73 Å². The van der Waals surface area contributed by atoms with Crippen LogP contribution in [0.3, 0.4) is 0 Å². The monoisotopic (exact) mass is 262 g/mol. The maximum atomic E-state index is 12.3. The number of hydrogen-bond acceptors (Lipinski definition) is 3. The Hall–Kier alpha value is -1.39. The molecule has 1 heterocycles. The minimum absolute atomic E-state index is 0.0220. The lowest BCUT2D eigenvalue weighted by Gasteiger charge is -2.33. The van der Waals surface area contributed by atoms with Gasteiger partial charge in [0.05, 0.1) is 12.2 Å². The van der Waals surface area contributed by atoms with Crippen LogP contribution in [0.15, 0.2) is 30.3 Å². The fraction of sp³-hybridized carbons (Fsp3) is 0.533. The number of amides is 1. The average Bonchev–Trinajstić information content (AvgIpc) is 2.67. The van der Waals surface area contributed by atoms with Crippen LogP contribution in [-0.2, 0) is 11.2 Å². The van der Waals surface area contributed by atoms with Crippen LogP contribution in [0, 0.1) is 5.41 Å². The molecule has 2 atom stereocenters. The van der Waals surface area contributed by atoms with Crippen LogP contribution in [0.5, 0.6) is 0 Å². The largest absolute Gasteiger partial charge is 0.376 e. The molecule has 19 heavy (non-hydrogen) atoms. The van der Waals surface area contributed by atoms with Crippen LogP contribution in [0.2, 0.25) is 0 Å². The van der Waals surface area contributed by atoms with Gasteiger partial charge in [-0.05, 0) is 17.4 Å². The van der Waals surface area contributed by atoms with Crippen molar-refractivity contribution >= 4 is 5.91 Å². The minimum Gasteiger partial charge on any atom is -0.376 e. The van der Waals surface area contributed by atoms with Crippen LogP contribution in [0.25, 0.3) is 0 Å². The van der Waals surface area contributed by atoms with Gasteiger partial charge in [0.2, 0.25) is 5.91 Å². The highest BCUT2D eigenvalue weighted by molar-refractivity contribution is 5.84. The SMILES string of the molecule is CC(C)(C)[C@H]1N[C@@H](Cc2ccccc2)C(=O)N1CO. The van der Waals surface area contributed by atoms with E-state index in [0.717, 1.165) is 5.56 Å². The summed E-state index contributed by atoms with van der Waals surface area (Å²) in [6, 6.07) is 9.69. The van der Waals surface area contributed by atoms with Gasteiger partial charge in [0.15, 0.2) is 0 Å². The predicted molar refractivity (Wildman–Crippen MR) is 74.2 cm³/mol. The van der Waals surface area contributed by atoms with Crippen LogP contribution in [0.4, 0.5) is 0 Å². The number of nitrogens with one attached hydrogen (secondary N) is 1. The van der Waals surface area contributed by atoms with Gasteiger partial charge in [0.25, 0.3) is 0 Å². The van der Waals surface area contributed by atoms with Crippen molar-refractivity contribution in [2.75, 3.05) is 6.73 Å². The third-order valence-electron chi connectivity index (χ3n) is 3.51. The van der Waals surface area contributed by atoms with Crippen molar-refractivity contribution in [1.82, 2.24) is 10.2 Å². The second-order valence-corrected chi connectivity index (χ2v) is 6.13. The maximum absolute atomic E-state index is 12.3. The van der Waals surface area contributed by atoms with Crippen LogP contribution in [0.1, 0.15) is 26.3 Å². The van der Waals surface area contributed by atoms with E-state index in [9.17, 15) is 9.90 Å². The molecule has 104 valence electrons. The summed E-state index contributed by atoms with van der Waals surface area (Å²) in [7, 11) is 0. The quantitative estimate of drug-likeness (QED) is 0.864. The molecule has 1 aliphatic heterocycles. The van der Waals surface area contributed by atoms with E-state index in [1.165, 1.54) is 4.90 Å². The molecule has 1 fully saturated rings. The Labute approximate surface area is 114 Å². The topological polar surface area (TPSA) is 52.6 Å². The van der Waals surface area contributed by atoms with Crippen LogP contribution in [-0.4, -0.2) is 34.9 Å². The summed E-state index contributed by atoms with van der Waals surface area (Å²) < 4.78 is 0. The van der Waals surface area contributed by atoms with Gasteiger partial charge < -0.3 is 10.0 Å². The van der Waals surface area contributed by atoms with E-state index >= 15 is 0 Å². The molecule has 4 nitrogen and oxygen atoms in total. The highest BCUT2D eigenvalue weighted by Crippen LogP contribution is 2.28. The average molecular weight is 262 g/mol. The third kappa shape index (κ3) is 2.96. The highest BCUT2D eigenvalue weighted by atomic mass is 16.3. The molecule has 0 aliphatic carbocycles. The highest BCUT2D eigenvalue weighted by Gasteiger charge is 2.43. The van der Waals surface area contributed by atoms with E-state index in [0.29, 0.717) is 6.42 Å². The number of aliphatic hydroxyl groups is 1. The molecule has 1 amide bonds. The molecule has 1 aromatic rings. The summed E-state index contributed by atoms with van der Waals surface area (Å²) in [5.41, 5.74) is 1.02. The van der Waals surface area contributed by atoms with E-state index in [1.54, 1.807) is 0 Å². The first-order chi connectivity index (χ1) is 8.93. The Morgan fingerprint density at radius 2 is 1.89 bits per heavy atom. The minimum atomic E-state index is -0.251. The fourth-order valence-corrected chi connectivity index (χ4v) is 2.54. The summed E-state index contributed by atoms with van der Waals surface area (Å²) in [6.07, 6.45) is 0.529. The smallest absolute Gasteiger partial charge is 0.243 e. The van der Waals surface area contributed by atoms with E-state index < -0.39 is 0 Å². The first-order valence-electron chi connectivity index (χ1n) is 6.65. The van der Waals surface area contributed by atoms with Gasteiger partial charge in [-0.3, -0.25) is 10.1 Å². The standard InChI is InChI=1S/C15H22N2O2/c1-15(2,3)14-16-12(13(19)17(14)10-18)9-11-7-5-4-6-8-11/h4-8,12,14,16,18H,9-10H2,1-3H3/t12-,14-/m0/s1. The lowest BCUT2D eigenvalue weighted by molar-refractivity contribution is -0.135. The Balaban J connectivity index is 2.14. The zero-order valence-electron chi connectivity index (χ0n) is 11.8. The molecule has 0 spiro atoms. The number of aliphatic hydroxyl groups excluding tert-OH is 1. The number of nitrogens with zero attached hydrogens (tertiary/aromatic N) is 1. The van der Waals surface area contributed by atoms with Gasteiger partial charge in [-0.1, -0.05) is 51.1 Å². The molecular weight excluding hydrogens is 240 g/mol. The zero-order valence-corrected chi connectivity index (χ0v) is 11.8. The van der Waals surface area contributed by atoms with Crippen molar-refractivity contribution in [3.8, 4) is 0 Å². The normalized spacial score (nSPS) is 24.0. The van der Waals surface area contributed by atoms with Crippen molar-refractivity contribution in [2.45, 2.75) is 39.4 Å². The van der Waals surface area contributed by atoms with E-state index in [4.69, 9.17) is 0 Å². The first-order valence-corrected chi connectivity index (χ1v) is 6.65. The van der Waals surface area contributed by atoms with Crippen molar-refractivity contribution in [2.24, 2.45) is 5.41 Å². The van der Waals surface area contributed by atoms with Gasteiger partial charge in [0, 0.05) is 0 Å². The lowest BCUT2D eigenvalue weighted by atomic mass is 9.92. The number of benzene rings is 1. The third-order valence-corrected chi connectivity index (χ3v) is 3.51. The maximum Gasteiger partial charge on any atom is 0.243 e. The Bertz CT molecular complexity index is 439. The van der Waals surface area contributed by atoms with Crippen LogP contribution < -0.4 is 5.32 Å². The molecule has 1 saturated heterocycles. The Kier molecular flexibility index (Phi) is 3.92. The van der Waals surface area contributed by atoms with Crippen LogP contribution >= 0.6 is 0 Å². The molecule has 2 N–H and O–H groups in total. The van der Waals surface area contributed by atoms with Crippen molar-refractivity contribution in [1.29, 1.82) is 0 Å². The van der Waals surface area contributed by atoms with Crippen molar-refractivity contribution in [3.05, 3.63) is 35.9 Å². The van der Waals surface area contributed by atoms with Gasteiger partial charge >= 0.3 is 0 Å². The summed E-state index contributed by atoms with van der Waals surface area (Å²) in [6.45, 7) is 5.95. The van der Waals surface area contributed by atoms with E-state index in [2.05, 4.69) is 26.1 Å². The molecule has 1 aromatic carbocycles. The molecule has 0 radical (unpaired) electrons. The lowest BCUT2D eigenvalue weighted by Crippen LogP contribution is -2.47. The second kappa shape index (κ2) is 5.31. The van der Waals surface area contributed by atoms with E-state index in [-0.39, 0.29) is 30.3 Å². The number of carbonyl (C=O) groups is 1. The van der Waals surface area contributed by atoms with Crippen molar-refractivity contribution in [3.63, 3.8) is 0 Å². The molecule has 0 unspecified atom stereocenters. The number of carbonyl (C=O) groups excluding carboxylic acids is 1. The van der Waals surface area contributed by atoms with Gasteiger partial charge in [-0.25, -0.2) is 0 Å². The van der Waals surface area contributed by atoms with E-state index in [1.807, 2.05) is 30.3 Å². The molecule has 1 aliphatic rings. The van der Waals surface area contributed by atoms with Crippen molar-refractivity contribution < 1.29 is 9.90 Å². The molecular formula is C15H22N2O2. The van der Waals surface area contributed by atoms with Gasteiger partial charge in [-0.2, -0.15) is 0 Å². The summed E-state index contributed by atoms with van der Waals surface area (Å²) in [5.74, 6) is -0.0220. The first kappa shape index (κ1) is 14.0. The second-order valence-electron chi connectivity index (χ2n) is 6.13. The Morgan fingerprint density at radius 3 is 2.37 bits per heavy atom. The Morgan fingerprint density at radius 1 is 1.26 bits per heavy atom. The fourth-order valence-electron chi connectivity index (χ4n) is 2.54. The summed E-state index contributed by atoms with van der Waals surface area (Å²) >= 11 is 0. The zero-order chi connectivity index (χ0) is 14.0. The van der Waals surface area contributed by atoms with Gasteiger partial charge in [-0.15, -0.1) is 0 Å². The predicted octanol–water partition coefficient (Wildman–Crippen LogP) is 1.35. The molecule has 4 heteroatoms. The number of rotatable bonds is 3. The molecule has 2 rings (SSSR count). The summed E-state index contributed by atoms with van der Waals surface area (Å²) in [4.78, 5) is 13.8. The molecule has 0 bridgehead atoms. The summed E-state index contributed by atoms with van der Waals surface area (Å²) in [5, 5.41) is 12.8. The molecule has 0 saturated carbocycles.